The second kappa shape index (κ2) is 8.06. The second-order valence-electron chi connectivity index (χ2n) is 5.13. The van der Waals surface area contributed by atoms with Gasteiger partial charge in [0, 0.05) is 17.7 Å². The highest BCUT2D eigenvalue weighted by Crippen LogP contribution is 2.27. The maximum Gasteiger partial charge on any atom is 0.248 e. The van der Waals surface area contributed by atoms with Gasteiger partial charge in [-0.15, -0.1) is 0 Å². The zero-order valence-electron chi connectivity index (χ0n) is 14.3. The van der Waals surface area contributed by atoms with E-state index in [0.29, 0.717) is 22.9 Å². The smallest absolute Gasteiger partial charge is 0.248 e. The molecule has 0 aliphatic rings. The van der Waals surface area contributed by atoms with Crippen molar-refractivity contribution in [2.75, 3.05) is 26.6 Å². The fourth-order valence-corrected chi connectivity index (χ4v) is 2.22. The number of ether oxygens (including phenoxy) is 3. The van der Waals surface area contributed by atoms with E-state index in [-0.39, 0.29) is 5.91 Å². The summed E-state index contributed by atoms with van der Waals surface area (Å²) in [5.41, 5.74) is 2.45. The van der Waals surface area contributed by atoms with Gasteiger partial charge >= 0.3 is 0 Å². The van der Waals surface area contributed by atoms with Crippen molar-refractivity contribution in [3.05, 3.63) is 53.6 Å². The van der Waals surface area contributed by atoms with Gasteiger partial charge in [0.05, 0.1) is 27.0 Å². The minimum Gasteiger partial charge on any atom is -0.497 e. The zero-order chi connectivity index (χ0) is 17.5. The van der Waals surface area contributed by atoms with E-state index in [9.17, 15) is 4.79 Å². The number of carbonyl (C=O) groups excluding carboxylic acids is 1. The molecule has 5 nitrogen and oxygen atoms in total. The molecule has 2 aromatic carbocycles. The summed E-state index contributed by atoms with van der Waals surface area (Å²) in [7, 11) is 4.73. The number of anilines is 1. The van der Waals surface area contributed by atoms with Crippen LogP contribution in [0.3, 0.4) is 0 Å². The number of aryl methyl sites for hydroxylation is 1. The molecule has 0 heterocycles. The Morgan fingerprint density at radius 2 is 1.71 bits per heavy atom. The molecule has 0 aliphatic heterocycles. The Labute approximate surface area is 141 Å². The largest absolute Gasteiger partial charge is 0.497 e. The van der Waals surface area contributed by atoms with Crippen LogP contribution in [0.5, 0.6) is 17.2 Å². The van der Waals surface area contributed by atoms with Crippen LogP contribution in [-0.2, 0) is 4.79 Å². The number of carbonyl (C=O) groups is 1. The van der Waals surface area contributed by atoms with Crippen LogP contribution in [0.15, 0.2) is 42.5 Å². The Kier molecular flexibility index (Phi) is 5.84. The standard InChI is InChI=1S/C19H21NO4/c1-13-5-9-17(23-3)16(11-13)20-19(21)10-7-14-6-8-15(22-2)12-18(14)24-4/h5-12H,1-4H3,(H,20,21). The topological polar surface area (TPSA) is 56.8 Å². The van der Waals surface area contributed by atoms with E-state index in [1.807, 2.05) is 37.3 Å². The van der Waals surface area contributed by atoms with Gasteiger partial charge in [-0.3, -0.25) is 4.79 Å². The molecule has 0 spiro atoms. The van der Waals surface area contributed by atoms with Gasteiger partial charge in [0.2, 0.25) is 5.91 Å². The molecule has 2 rings (SSSR count). The first-order chi connectivity index (χ1) is 11.6. The van der Waals surface area contributed by atoms with Gasteiger partial charge in [0.15, 0.2) is 0 Å². The molecule has 5 heteroatoms. The molecule has 126 valence electrons. The first-order valence-electron chi connectivity index (χ1n) is 7.43. The third kappa shape index (κ3) is 4.29. The van der Waals surface area contributed by atoms with E-state index in [0.717, 1.165) is 11.1 Å². The van der Waals surface area contributed by atoms with E-state index in [4.69, 9.17) is 14.2 Å². The van der Waals surface area contributed by atoms with Crippen LogP contribution in [0.4, 0.5) is 5.69 Å². The van der Waals surface area contributed by atoms with E-state index in [1.165, 1.54) is 6.08 Å². The predicted molar refractivity (Wildman–Crippen MR) is 94.9 cm³/mol. The van der Waals surface area contributed by atoms with Crippen LogP contribution in [0.25, 0.3) is 6.08 Å². The number of rotatable bonds is 6. The first kappa shape index (κ1) is 17.4. The van der Waals surface area contributed by atoms with Gasteiger partial charge in [0.1, 0.15) is 17.2 Å². The molecule has 0 fully saturated rings. The Bertz CT molecular complexity index is 753. The number of hydrogen-bond donors (Lipinski definition) is 1. The third-order valence-corrected chi connectivity index (χ3v) is 3.47. The molecule has 0 aliphatic carbocycles. The molecule has 0 radical (unpaired) electrons. The molecule has 24 heavy (non-hydrogen) atoms. The molecule has 0 saturated carbocycles. The summed E-state index contributed by atoms with van der Waals surface area (Å²) < 4.78 is 15.7. The van der Waals surface area contributed by atoms with Crippen LogP contribution >= 0.6 is 0 Å². The molecule has 1 amide bonds. The predicted octanol–water partition coefficient (Wildman–Crippen LogP) is 3.67. The lowest BCUT2D eigenvalue weighted by molar-refractivity contribution is -0.111. The Morgan fingerprint density at radius 3 is 2.38 bits per heavy atom. The third-order valence-electron chi connectivity index (χ3n) is 3.47. The minimum absolute atomic E-state index is 0.253. The van der Waals surface area contributed by atoms with Gasteiger partial charge in [-0.1, -0.05) is 6.07 Å². The van der Waals surface area contributed by atoms with Crippen molar-refractivity contribution in [3.63, 3.8) is 0 Å². The van der Waals surface area contributed by atoms with E-state index < -0.39 is 0 Å². The normalized spacial score (nSPS) is 10.5. The van der Waals surface area contributed by atoms with Crippen LogP contribution in [0.1, 0.15) is 11.1 Å². The maximum atomic E-state index is 12.2. The number of nitrogens with one attached hydrogen (secondary N) is 1. The highest BCUT2D eigenvalue weighted by molar-refractivity contribution is 6.03. The van der Waals surface area contributed by atoms with Crippen LogP contribution in [0, 0.1) is 6.92 Å². The van der Waals surface area contributed by atoms with Crippen molar-refractivity contribution < 1.29 is 19.0 Å². The summed E-state index contributed by atoms with van der Waals surface area (Å²) in [5, 5.41) is 2.82. The van der Waals surface area contributed by atoms with Gasteiger partial charge in [-0.2, -0.15) is 0 Å². The molecule has 2 aromatic rings. The molecular weight excluding hydrogens is 306 g/mol. The van der Waals surface area contributed by atoms with Gasteiger partial charge in [-0.05, 0) is 42.8 Å². The molecule has 0 saturated heterocycles. The molecule has 1 N–H and O–H groups in total. The summed E-state index contributed by atoms with van der Waals surface area (Å²) in [6.45, 7) is 1.95. The van der Waals surface area contributed by atoms with Gasteiger partial charge in [-0.25, -0.2) is 0 Å². The van der Waals surface area contributed by atoms with E-state index in [2.05, 4.69) is 5.32 Å². The van der Waals surface area contributed by atoms with E-state index >= 15 is 0 Å². The molecule has 0 aromatic heterocycles. The Balaban J connectivity index is 2.15. The van der Waals surface area contributed by atoms with Crippen LogP contribution in [0.2, 0.25) is 0 Å². The number of methoxy groups -OCH3 is 3. The average molecular weight is 327 g/mol. The van der Waals surface area contributed by atoms with Crippen molar-refractivity contribution in [2.45, 2.75) is 6.92 Å². The number of amides is 1. The van der Waals surface area contributed by atoms with Crippen LogP contribution < -0.4 is 19.5 Å². The summed E-state index contributed by atoms with van der Waals surface area (Å²) in [5.74, 6) is 1.69. The lowest BCUT2D eigenvalue weighted by Gasteiger charge is -2.10. The quantitative estimate of drug-likeness (QED) is 0.823. The highest BCUT2D eigenvalue weighted by atomic mass is 16.5. The van der Waals surface area contributed by atoms with Crippen molar-refractivity contribution in [1.82, 2.24) is 0 Å². The van der Waals surface area contributed by atoms with E-state index in [1.54, 1.807) is 33.5 Å². The summed E-state index contributed by atoms with van der Waals surface area (Å²) in [4.78, 5) is 12.2. The molecule has 0 atom stereocenters. The average Bonchev–Trinajstić information content (AvgIpc) is 2.60. The summed E-state index contributed by atoms with van der Waals surface area (Å²) in [6.07, 6.45) is 3.14. The zero-order valence-corrected chi connectivity index (χ0v) is 14.3. The minimum atomic E-state index is -0.253. The van der Waals surface area contributed by atoms with Crippen molar-refractivity contribution in [3.8, 4) is 17.2 Å². The maximum absolute atomic E-state index is 12.2. The fourth-order valence-electron chi connectivity index (χ4n) is 2.22. The lowest BCUT2D eigenvalue weighted by atomic mass is 10.1. The van der Waals surface area contributed by atoms with Crippen molar-refractivity contribution >= 4 is 17.7 Å². The number of benzene rings is 2. The van der Waals surface area contributed by atoms with Crippen molar-refractivity contribution in [1.29, 1.82) is 0 Å². The molecule has 0 unspecified atom stereocenters. The molecule has 0 bridgehead atoms. The Morgan fingerprint density at radius 1 is 0.958 bits per heavy atom. The van der Waals surface area contributed by atoms with Crippen LogP contribution in [-0.4, -0.2) is 27.2 Å². The first-order valence-corrected chi connectivity index (χ1v) is 7.43. The second-order valence-corrected chi connectivity index (χ2v) is 5.13. The van der Waals surface area contributed by atoms with Gasteiger partial charge in [0.25, 0.3) is 0 Å². The summed E-state index contributed by atoms with van der Waals surface area (Å²) >= 11 is 0. The highest BCUT2D eigenvalue weighted by Gasteiger charge is 2.07. The SMILES string of the molecule is COc1ccc(C=CC(=O)Nc2cc(C)ccc2OC)c(OC)c1. The molecular formula is C19H21NO4. The van der Waals surface area contributed by atoms with Crippen molar-refractivity contribution in [2.24, 2.45) is 0 Å². The van der Waals surface area contributed by atoms with Gasteiger partial charge < -0.3 is 19.5 Å². The fraction of sp³-hybridized carbons (Fsp3) is 0.211. The monoisotopic (exact) mass is 327 g/mol. The lowest BCUT2D eigenvalue weighted by Crippen LogP contribution is -2.09. The number of hydrogen-bond acceptors (Lipinski definition) is 4. The summed E-state index contributed by atoms with van der Waals surface area (Å²) in [6, 6.07) is 11.0. The Hall–Kier alpha value is -2.95.